The molecule has 4 aromatic rings. The Morgan fingerprint density at radius 2 is 1.44 bits per heavy atom. The first kappa shape index (κ1) is 19.8. The topological polar surface area (TPSA) is 64.0 Å². The minimum atomic E-state index is 0.571. The second-order valence-corrected chi connectivity index (χ2v) is 7.16. The van der Waals surface area contributed by atoms with Gasteiger partial charge >= 0.3 is 0 Å². The Hall–Kier alpha value is -4.13. The van der Waals surface area contributed by atoms with Gasteiger partial charge < -0.3 is 23.7 Å². The molecule has 32 heavy (non-hydrogen) atoms. The van der Waals surface area contributed by atoms with E-state index < -0.39 is 0 Å². The Kier molecular flexibility index (Phi) is 4.86. The lowest BCUT2D eigenvalue weighted by Crippen LogP contribution is -2.01. The Bertz CT molecular complexity index is 1300. The summed E-state index contributed by atoms with van der Waals surface area (Å²) in [5, 5.41) is 4.73. The van der Waals surface area contributed by atoms with Gasteiger partial charge in [0.05, 0.1) is 51.6 Å². The van der Waals surface area contributed by atoms with Crippen molar-refractivity contribution in [3.8, 4) is 62.6 Å². The molecular weight excluding hydrogens is 408 g/mol. The number of methoxy groups -OCH3 is 4. The molecule has 0 radical (unpaired) electrons. The summed E-state index contributed by atoms with van der Waals surface area (Å²) in [6.45, 7) is 0. The van der Waals surface area contributed by atoms with E-state index in [0.29, 0.717) is 34.5 Å². The molecule has 0 atom stereocenters. The van der Waals surface area contributed by atoms with Crippen molar-refractivity contribution in [1.29, 1.82) is 0 Å². The fraction of sp³-hybridized carbons (Fsp3) is 0.160. The van der Waals surface area contributed by atoms with Gasteiger partial charge in [0, 0.05) is 29.3 Å². The summed E-state index contributed by atoms with van der Waals surface area (Å²) in [6.07, 6.45) is 1.83. The maximum Gasteiger partial charge on any atom is 0.164 e. The fourth-order valence-corrected chi connectivity index (χ4v) is 3.98. The third kappa shape index (κ3) is 3.01. The van der Waals surface area contributed by atoms with Crippen LogP contribution in [0.4, 0.5) is 0 Å². The van der Waals surface area contributed by atoms with Crippen molar-refractivity contribution >= 4 is 0 Å². The maximum absolute atomic E-state index is 6.42. The first-order valence-corrected chi connectivity index (χ1v) is 10.0. The van der Waals surface area contributed by atoms with Crippen molar-refractivity contribution in [1.82, 2.24) is 9.78 Å². The average molecular weight is 430 g/mol. The van der Waals surface area contributed by atoms with Gasteiger partial charge in [-0.05, 0) is 18.2 Å². The van der Waals surface area contributed by atoms with Crippen molar-refractivity contribution in [2.45, 2.75) is 0 Å². The van der Waals surface area contributed by atoms with E-state index in [0.717, 1.165) is 28.1 Å². The number of hydrogen-bond donors (Lipinski definition) is 0. The third-order valence-electron chi connectivity index (χ3n) is 5.50. The SMILES string of the molecule is COc1cc(OC)c2c(c1)Oc1cc(OC)c(OC)cc1-c1cnn(-c3ccccc3)c1-2. The molecular formula is C25H22N2O5. The average Bonchev–Trinajstić information content (AvgIpc) is 3.22. The molecule has 162 valence electrons. The molecule has 1 aliphatic heterocycles. The Balaban J connectivity index is 1.89. The molecule has 0 N–H and O–H groups in total. The van der Waals surface area contributed by atoms with E-state index in [9.17, 15) is 0 Å². The van der Waals surface area contributed by atoms with Crippen LogP contribution >= 0.6 is 0 Å². The van der Waals surface area contributed by atoms with Crippen LogP contribution in [0.3, 0.4) is 0 Å². The van der Waals surface area contributed by atoms with E-state index in [-0.39, 0.29) is 0 Å². The second-order valence-electron chi connectivity index (χ2n) is 7.16. The molecule has 0 amide bonds. The van der Waals surface area contributed by atoms with Gasteiger partial charge in [0.1, 0.15) is 23.0 Å². The molecule has 3 aromatic carbocycles. The summed E-state index contributed by atoms with van der Waals surface area (Å²) in [7, 11) is 6.44. The molecule has 0 aliphatic carbocycles. The van der Waals surface area contributed by atoms with Crippen LogP contribution in [0.25, 0.3) is 28.1 Å². The third-order valence-corrected chi connectivity index (χ3v) is 5.50. The van der Waals surface area contributed by atoms with E-state index >= 15 is 0 Å². The summed E-state index contributed by atoms with van der Waals surface area (Å²) in [5.41, 5.74) is 4.25. The number of para-hydroxylation sites is 1. The highest BCUT2D eigenvalue weighted by molar-refractivity contribution is 5.93. The zero-order valence-electron chi connectivity index (χ0n) is 18.2. The Morgan fingerprint density at radius 1 is 0.719 bits per heavy atom. The summed E-state index contributed by atoms with van der Waals surface area (Å²) in [4.78, 5) is 0. The standard InChI is InChI=1S/C25H22N2O5/c1-28-16-10-22(31-4)24-23(11-16)32-19-13-21(30-3)20(29-2)12-17(19)18-14-26-27(25(18)24)15-8-6-5-7-9-15/h5-14H,1-4H3. The highest BCUT2D eigenvalue weighted by atomic mass is 16.5. The van der Waals surface area contributed by atoms with E-state index in [4.69, 9.17) is 28.8 Å². The van der Waals surface area contributed by atoms with Crippen LogP contribution in [0.5, 0.6) is 34.5 Å². The molecule has 2 heterocycles. The van der Waals surface area contributed by atoms with E-state index in [2.05, 4.69) is 0 Å². The van der Waals surface area contributed by atoms with Crippen LogP contribution in [0.15, 0.2) is 60.8 Å². The lowest BCUT2D eigenvalue weighted by molar-refractivity contribution is 0.352. The van der Waals surface area contributed by atoms with Gasteiger partial charge in [0.25, 0.3) is 0 Å². The molecule has 1 aliphatic rings. The number of ether oxygens (including phenoxy) is 5. The summed E-state index contributed by atoms with van der Waals surface area (Å²) >= 11 is 0. The summed E-state index contributed by atoms with van der Waals surface area (Å²) < 4.78 is 30.6. The predicted molar refractivity (Wildman–Crippen MR) is 121 cm³/mol. The van der Waals surface area contributed by atoms with Gasteiger partial charge in [-0.2, -0.15) is 5.10 Å². The molecule has 7 nitrogen and oxygen atoms in total. The maximum atomic E-state index is 6.42. The van der Waals surface area contributed by atoms with Crippen LogP contribution in [0.1, 0.15) is 0 Å². The van der Waals surface area contributed by atoms with Crippen molar-refractivity contribution in [2.24, 2.45) is 0 Å². The first-order valence-electron chi connectivity index (χ1n) is 10.0. The Labute approximate surface area is 185 Å². The van der Waals surface area contributed by atoms with E-state index in [1.165, 1.54) is 0 Å². The molecule has 1 aromatic heterocycles. The highest BCUT2D eigenvalue weighted by Gasteiger charge is 2.30. The van der Waals surface area contributed by atoms with Gasteiger partial charge in [0.2, 0.25) is 0 Å². The van der Waals surface area contributed by atoms with Gasteiger partial charge in [0.15, 0.2) is 11.5 Å². The molecule has 7 heteroatoms. The zero-order chi connectivity index (χ0) is 22.2. The number of benzene rings is 3. The van der Waals surface area contributed by atoms with Crippen molar-refractivity contribution < 1.29 is 23.7 Å². The number of aromatic nitrogens is 2. The minimum Gasteiger partial charge on any atom is -0.496 e. The molecule has 0 bridgehead atoms. The first-order chi connectivity index (χ1) is 15.7. The number of hydrogen-bond acceptors (Lipinski definition) is 6. The Morgan fingerprint density at radius 3 is 2.12 bits per heavy atom. The van der Waals surface area contributed by atoms with Gasteiger partial charge in [-0.15, -0.1) is 0 Å². The molecule has 0 saturated carbocycles. The predicted octanol–water partition coefficient (Wildman–Crippen LogP) is 5.35. The molecule has 0 spiro atoms. The van der Waals surface area contributed by atoms with E-state index in [1.807, 2.05) is 65.5 Å². The molecule has 0 unspecified atom stereocenters. The molecule has 0 saturated heterocycles. The minimum absolute atomic E-state index is 0.571. The van der Waals surface area contributed by atoms with E-state index in [1.54, 1.807) is 28.4 Å². The highest BCUT2D eigenvalue weighted by Crippen LogP contribution is 2.53. The monoisotopic (exact) mass is 430 g/mol. The number of fused-ring (bicyclic) bond motifs is 5. The lowest BCUT2D eigenvalue weighted by atomic mass is 10.00. The van der Waals surface area contributed by atoms with Gasteiger partial charge in [-0.1, -0.05) is 18.2 Å². The zero-order valence-corrected chi connectivity index (χ0v) is 18.2. The summed E-state index contributed by atoms with van der Waals surface area (Å²) in [6, 6.07) is 17.3. The fourth-order valence-electron chi connectivity index (χ4n) is 3.98. The number of nitrogens with zero attached hydrogens (tertiary/aromatic N) is 2. The largest absolute Gasteiger partial charge is 0.496 e. The summed E-state index contributed by atoms with van der Waals surface area (Å²) in [5.74, 6) is 3.61. The second kappa shape index (κ2) is 7.85. The van der Waals surface area contributed by atoms with Crippen LogP contribution < -0.4 is 23.7 Å². The quantitative estimate of drug-likeness (QED) is 0.375. The van der Waals surface area contributed by atoms with Crippen molar-refractivity contribution in [3.63, 3.8) is 0 Å². The smallest absolute Gasteiger partial charge is 0.164 e. The van der Waals surface area contributed by atoms with Crippen LogP contribution in [0.2, 0.25) is 0 Å². The van der Waals surface area contributed by atoms with Crippen molar-refractivity contribution in [2.75, 3.05) is 28.4 Å². The lowest BCUT2D eigenvalue weighted by Gasteiger charge is -2.16. The van der Waals surface area contributed by atoms with Crippen LogP contribution in [-0.2, 0) is 0 Å². The molecule has 5 rings (SSSR count). The van der Waals surface area contributed by atoms with Gasteiger partial charge in [-0.3, -0.25) is 0 Å². The van der Waals surface area contributed by atoms with Crippen molar-refractivity contribution in [3.05, 3.63) is 60.8 Å². The van der Waals surface area contributed by atoms with Crippen LogP contribution in [0, 0.1) is 0 Å². The molecule has 0 fully saturated rings. The van der Waals surface area contributed by atoms with Gasteiger partial charge in [-0.25, -0.2) is 4.68 Å². The normalized spacial score (nSPS) is 11.4. The number of rotatable bonds is 5. The van der Waals surface area contributed by atoms with Crippen LogP contribution in [-0.4, -0.2) is 38.2 Å².